The number of benzene rings is 8. The summed E-state index contributed by atoms with van der Waals surface area (Å²) in [5.74, 6) is 8.59. The molecule has 10 aliphatic carbocycles. The Morgan fingerprint density at radius 2 is 0.492 bits per heavy atom. The van der Waals surface area contributed by atoms with E-state index >= 15 is 0 Å². The molecule has 118 heavy (non-hydrogen) atoms. The van der Waals surface area contributed by atoms with Crippen molar-refractivity contribution in [1.82, 2.24) is 0 Å². The second-order valence-electron chi connectivity index (χ2n) is 42.7. The molecule has 12 heteroatoms. The molecule has 0 amide bonds. The van der Waals surface area contributed by atoms with Gasteiger partial charge in [-0.15, -0.1) is 0 Å². The third kappa shape index (κ3) is 14.8. The number of carbonyl (C=O) groups is 2. The Kier molecular flexibility index (Phi) is 19.7. The molecular formula is C106H124O12. The summed E-state index contributed by atoms with van der Waals surface area (Å²) in [6, 6.07) is 43.2. The zero-order valence-corrected chi connectivity index (χ0v) is 72.8. The van der Waals surface area contributed by atoms with Crippen molar-refractivity contribution >= 4 is 11.9 Å². The summed E-state index contributed by atoms with van der Waals surface area (Å²) in [6.45, 7) is 30.0. The Morgan fingerprint density at radius 3 is 0.695 bits per heavy atom. The van der Waals surface area contributed by atoms with Crippen molar-refractivity contribution in [2.24, 2.45) is 34.5 Å². The van der Waals surface area contributed by atoms with E-state index in [2.05, 4.69) is 192 Å². The summed E-state index contributed by atoms with van der Waals surface area (Å²) in [5.41, 5.74) is 23.1. The van der Waals surface area contributed by atoms with Crippen molar-refractivity contribution in [1.29, 1.82) is 0 Å². The zero-order chi connectivity index (χ0) is 81.8. The van der Waals surface area contributed by atoms with Crippen LogP contribution in [0.15, 0.2) is 109 Å². The fourth-order valence-electron chi connectivity index (χ4n) is 25.3. The Bertz CT molecular complexity index is 4790. The van der Waals surface area contributed by atoms with Crippen LogP contribution in [0.1, 0.15) is 295 Å². The molecule has 0 saturated heterocycles. The molecule has 0 aromatic heterocycles. The molecular weight excluding hydrogens is 1470 g/mol. The maximum absolute atomic E-state index is 13.8. The largest absolute Gasteiger partial charge is 0.489 e. The highest BCUT2D eigenvalue weighted by Gasteiger charge is 2.61. The van der Waals surface area contributed by atoms with Crippen molar-refractivity contribution in [2.75, 3.05) is 67.1 Å². The number of carbonyl (C=O) groups excluding carboxylic acids is 2. The third-order valence-corrected chi connectivity index (χ3v) is 29.7. The monoisotopic (exact) mass is 1590 g/mol. The van der Waals surface area contributed by atoms with E-state index in [-0.39, 0.29) is 108 Å². The Labute approximate surface area is 700 Å². The molecule has 4 unspecified atom stereocenters. The number of rotatable bonds is 6. The van der Waals surface area contributed by atoms with Crippen LogP contribution >= 0.6 is 0 Å². The highest BCUT2D eigenvalue weighted by Crippen LogP contribution is 2.69. The van der Waals surface area contributed by atoms with Crippen LogP contribution in [0.3, 0.4) is 0 Å². The first-order valence-corrected chi connectivity index (χ1v) is 44.7. The number of ether oxygens (including phenoxy) is 10. The normalized spacial score (nSPS) is 25.4. The van der Waals surface area contributed by atoms with Gasteiger partial charge in [0.05, 0.1) is 27.1 Å². The Morgan fingerprint density at radius 1 is 0.297 bits per heavy atom. The van der Waals surface area contributed by atoms with E-state index in [4.69, 9.17) is 47.4 Å². The lowest BCUT2D eigenvalue weighted by Gasteiger charge is -2.62. The smallest absolute Gasteiger partial charge is 0.306 e. The zero-order valence-electron chi connectivity index (χ0n) is 72.8. The van der Waals surface area contributed by atoms with Crippen LogP contribution in [0.25, 0.3) is 0 Å². The second kappa shape index (κ2) is 29.5. The van der Waals surface area contributed by atoms with Gasteiger partial charge in [-0.2, -0.15) is 0 Å². The van der Waals surface area contributed by atoms with Gasteiger partial charge >= 0.3 is 11.9 Å². The average Bonchev–Trinajstić information content (AvgIpc) is 0.711. The first kappa shape index (κ1) is 78.9. The van der Waals surface area contributed by atoms with Crippen LogP contribution in [0.4, 0.5) is 0 Å². The molecule has 12 nitrogen and oxygen atoms in total. The van der Waals surface area contributed by atoms with E-state index in [0.29, 0.717) is 87.9 Å². The van der Waals surface area contributed by atoms with Crippen molar-refractivity contribution in [3.05, 3.63) is 232 Å². The molecule has 32 bridgehead atoms. The number of esters is 2. The highest BCUT2D eigenvalue weighted by molar-refractivity contribution is 5.71. The van der Waals surface area contributed by atoms with E-state index in [9.17, 15) is 9.59 Å². The van der Waals surface area contributed by atoms with Gasteiger partial charge in [-0.3, -0.25) is 9.59 Å². The topological polar surface area (TPSA) is 126 Å². The molecule has 22 rings (SSSR count). The van der Waals surface area contributed by atoms with Crippen molar-refractivity contribution in [3.8, 4) is 46.0 Å². The number of para-hydroxylation sites is 2. The summed E-state index contributed by atoms with van der Waals surface area (Å²) in [6.07, 6.45) is 17.7. The van der Waals surface area contributed by atoms with Gasteiger partial charge < -0.3 is 47.4 Å². The van der Waals surface area contributed by atoms with Gasteiger partial charge in [-0.05, 0) is 266 Å². The minimum atomic E-state index is -0.258. The minimum absolute atomic E-state index is 0.105. The quantitative estimate of drug-likeness (QED) is 0.147. The Hall–Kier alpha value is -8.90. The molecule has 8 fully saturated rings. The molecule has 8 atom stereocenters. The minimum Gasteiger partial charge on any atom is -0.489 e. The molecule has 0 radical (unpaired) electrons. The third-order valence-electron chi connectivity index (χ3n) is 29.7. The van der Waals surface area contributed by atoms with Crippen LogP contribution in [0, 0.1) is 34.5 Å². The first-order chi connectivity index (χ1) is 56.3. The van der Waals surface area contributed by atoms with E-state index in [1.807, 2.05) is 0 Å². The molecule has 14 aliphatic rings. The van der Waals surface area contributed by atoms with Gasteiger partial charge in [0, 0.05) is 51.4 Å². The molecule has 8 aromatic carbocycles. The molecule has 4 heterocycles. The number of fused-ring (bicyclic) bond motifs is 12. The summed E-state index contributed by atoms with van der Waals surface area (Å²) >= 11 is 0. The van der Waals surface area contributed by atoms with Gasteiger partial charge in [0.1, 0.15) is 98.9 Å². The Balaban J connectivity index is 0.911. The fourth-order valence-corrected chi connectivity index (χ4v) is 25.3. The SMILES string of the molecule is COC(=O)CC12C[C@H]3C[C@@H](C1)CC(c1cc4c5c(c1)Cc1cccc6c1OCCOc1c7cc(C(C)(C)C)cc1Cc1cc(C(C)(C)C)cc8c1OCCOc1c(cc(C9%10C[C@@H]%11C[C@@H](CC(CC(=O)OC)(C%11)C9)C%10)cc1C6)Cc1cccc(c1OCCOc1c(cc(C(C)(C)C)cc1C8)Cc1cc(C(C)(C)C)cc(c1OCCO5)C7)C4)(C3)C2. The van der Waals surface area contributed by atoms with Crippen LogP contribution in [-0.4, -0.2) is 79.0 Å². The molecule has 0 N–H and O–H groups in total. The summed E-state index contributed by atoms with van der Waals surface area (Å²) in [4.78, 5) is 27.5. The van der Waals surface area contributed by atoms with Crippen LogP contribution in [0.5, 0.6) is 46.0 Å². The summed E-state index contributed by atoms with van der Waals surface area (Å²) in [5, 5.41) is 0. The first-order valence-electron chi connectivity index (χ1n) is 44.7. The lowest BCUT2D eigenvalue weighted by atomic mass is 9.42. The highest BCUT2D eigenvalue weighted by atomic mass is 16.5. The standard InChI is InChI=1S/C106H124O12/c1-99(2,3)83-39-75-35-79-43-85(101(7,8)9)45-81-37-77-41-84(100(4,5)6)42-78-38-82-46-86(102(10,11)12)44-80-36-76(40-83)95(75)115-23-21-111-91-67-17-15-18-68(91)32-72-48-88(106-57-65-30-66(58-106)54-104(53-65,62-106)60-90(108)110-14)50-74(94(72)114-26-28-118-98(80)82)34-70-20-16-19-69(92(70)112-22-24-116-96(77)78)33-73-49-87(47-71(31-67)93(73)113-25-27-117-97(79)81)105-55-63-29-64(56-105)52-103(51-63,61-105)59-89(107)109-13/h15-20,39-50,63-66H,21-38,51-62H2,1-14H3/t63-,64+,65-,66+,103?,104?,105?,106?. The fraction of sp³-hybridized carbons (Fsp3) is 0.528. The van der Waals surface area contributed by atoms with Crippen LogP contribution < -0.4 is 37.9 Å². The van der Waals surface area contributed by atoms with Crippen molar-refractivity contribution in [2.45, 2.75) is 257 Å². The number of methoxy groups -OCH3 is 2. The maximum Gasteiger partial charge on any atom is 0.306 e. The van der Waals surface area contributed by atoms with Gasteiger partial charge in [-0.1, -0.05) is 192 Å². The number of hydrogen-bond donors (Lipinski definition) is 0. The lowest BCUT2D eigenvalue weighted by molar-refractivity contribution is -0.151. The van der Waals surface area contributed by atoms with E-state index in [1.54, 1.807) is 14.2 Å². The predicted octanol–water partition coefficient (Wildman–Crippen LogP) is 21.8. The average molecular weight is 1590 g/mol. The maximum atomic E-state index is 13.8. The van der Waals surface area contributed by atoms with E-state index < -0.39 is 0 Å². The van der Waals surface area contributed by atoms with Crippen molar-refractivity contribution < 1.29 is 57.0 Å². The van der Waals surface area contributed by atoms with Crippen molar-refractivity contribution in [3.63, 3.8) is 0 Å². The van der Waals surface area contributed by atoms with Crippen LogP contribution in [0.2, 0.25) is 0 Å². The van der Waals surface area contributed by atoms with E-state index in [1.165, 1.54) is 46.2 Å². The predicted molar refractivity (Wildman–Crippen MR) is 464 cm³/mol. The molecule has 8 saturated carbocycles. The van der Waals surface area contributed by atoms with E-state index in [0.717, 1.165) is 199 Å². The molecule has 0 spiro atoms. The second-order valence-corrected chi connectivity index (χ2v) is 42.7. The summed E-state index contributed by atoms with van der Waals surface area (Å²) in [7, 11) is 3.12. The van der Waals surface area contributed by atoms with Gasteiger partial charge in [0.25, 0.3) is 0 Å². The molecule has 4 aliphatic heterocycles. The van der Waals surface area contributed by atoms with Gasteiger partial charge in [0.15, 0.2) is 0 Å². The summed E-state index contributed by atoms with van der Waals surface area (Å²) < 4.78 is 73.4. The lowest BCUT2D eigenvalue weighted by Crippen LogP contribution is -2.54. The number of hydrogen-bond acceptors (Lipinski definition) is 12. The molecule has 8 aromatic rings. The van der Waals surface area contributed by atoms with Gasteiger partial charge in [-0.25, -0.2) is 0 Å². The van der Waals surface area contributed by atoms with Gasteiger partial charge in [0.2, 0.25) is 0 Å². The van der Waals surface area contributed by atoms with Crippen LogP contribution in [-0.2, 0) is 103 Å². The molecule has 620 valence electrons.